The lowest BCUT2D eigenvalue weighted by Crippen LogP contribution is -2.28. The van der Waals surface area contributed by atoms with Crippen molar-refractivity contribution in [3.05, 3.63) is 53.1 Å². The van der Waals surface area contributed by atoms with Crippen molar-refractivity contribution in [2.24, 2.45) is 0 Å². The first-order chi connectivity index (χ1) is 14.9. The van der Waals surface area contributed by atoms with E-state index in [-0.39, 0.29) is 15.5 Å². The Kier molecular flexibility index (Phi) is 6.24. The molecule has 1 amide bonds. The van der Waals surface area contributed by atoms with Gasteiger partial charge < -0.3 is 4.74 Å². The third-order valence-corrected chi connectivity index (χ3v) is 8.13. The maximum absolute atomic E-state index is 12.9. The molecule has 0 spiro atoms. The number of carbonyl (C=O) groups excluding carboxylic acids is 1. The fourth-order valence-electron chi connectivity index (χ4n) is 3.20. The molecule has 1 aliphatic rings. The van der Waals surface area contributed by atoms with Crippen LogP contribution in [-0.4, -0.2) is 49.0 Å². The fourth-order valence-corrected chi connectivity index (χ4v) is 5.96. The molecule has 1 fully saturated rings. The number of nitrogens with zero attached hydrogens (tertiary/aromatic N) is 3. The molecule has 8 nitrogen and oxygen atoms in total. The van der Waals surface area contributed by atoms with E-state index in [1.807, 2.05) is 24.3 Å². The van der Waals surface area contributed by atoms with Crippen LogP contribution >= 0.6 is 22.9 Å². The number of rotatable bonds is 6. The third kappa shape index (κ3) is 4.57. The molecule has 0 radical (unpaired) electrons. The molecule has 0 bridgehead atoms. The summed E-state index contributed by atoms with van der Waals surface area (Å²) >= 11 is 7.36. The Morgan fingerprint density at radius 3 is 2.52 bits per heavy atom. The average molecular weight is 479 g/mol. The van der Waals surface area contributed by atoms with Crippen molar-refractivity contribution < 1.29 is 17.9 Å². The van der Waals surface area contributed by atoms with Gasteiger partial charge in [0.2, 0.25) is 15.2 Å². The van der Waals surface area contributed by atoms with Crippen LogP contribution < -0.4 is 10.1 Å². The van der Waals surface area contributed by atoms with Gasteiger partial charge in [0, 0.05) is 24.2 Å². The standard InChI is InChI=1S/C20H19ClN4O4S2/c1-29-15-7-4-13(5-8-15)19-23-24-20(30-19)22-18(26)14-6-9-16(21)17(12-14)31(27,28)25-10-2-3-11-25/h4-9,12H,2-3,10-11H2,1H3,(H,22,24,26). The van der Waals surface area contributed by atoms with E-state index in [1.165, 1.54) is 33.8 Å². The van der Waals surface area contributed by atoms with Gasteiger partial charge in [-0.3, -0.25) is 10.1 Å². The van der Waals surface area contributed by atoms with E-state index in [0.29, 0.717) is 23.2 Å². The van der Waals surface area contributed by atoms with Crippen LogP contribution in [-0.2, 0) is 10.0 Å². The van der Waals surface area contributed by atoms with E-state index in [2.05, 4.69) is 15.5 Å². The van der Waals surface area contributed by atoms with Crippen molar-refractivity contribution in [3.8, 4) is 16.3 Å². The number of amides is 1. The molecule has 1 aliphatic heterocycles. The molecule has 2 heterocycles. The van der Waals surface area contributed by atoms with E-state index in [4.69, 9.17) is 16.3 Å². The lowest BCUT2D eigenvalue weighted by molar-refractivity contribution is 0.102. The second-order valence-electron chi connectivity index (χ2n) is 6.85. The summed E-state index contributed by atoms with van der Waals surface area (Å²) in [6.07, 6.45) is 1.62. The number of hydrogen-bond donors (Lipinski definition) is 1. The topological polar surface area (TPSA) is 101 Å². The Morgan fingerprint density at radius 1 is 1.13 bits per heavy atom. The highest BCUT2D eigenvalue weighted by molar-refractivity contribution is 7.89. The molecule has 1 N–H and O–H groups in total. The summed E-state index contributed by atoms with van der Waals surface area (Å²) in [5.74, 6) is 0.233. The van der Waals surface area contributed by atoms with Crippen molar-refractivity contribution in [2.75, 3.05) is 25.5 Å². The first kappa shape index (κ1) is 21.7. The molecule has 0 unspecified atom stereocenters. The Hall–Kier alpha value is -2.53. The highest BCUT2D eigenvalue weighted by Crippen LogP contribution is 2.30. The largest absolute Gasteiger partial charge is 0.497 e. The van der Waals surface area contributed by atoms with Crippen LogP contribution in [0.4, 0.5) is 5.13 Å². The predicted octanol–water partition coefficient (Wildman–Crippen LogP) is 3.90. The summed E-state index contributed by atoms with van der Waals surface area (Å²) in [5.41, 5.74) is 1.01. The quantitative estimate of drug-likeness (QED) is 0.576. The molecule has 1 saturated heterocycles. The Bertz CT molecular complexity index is 1210. The molecular weight excluding hydrogens is 460 g/mol. The third-order valence-electron chi connectivity index (χ3n) is 4.86. The zero-order valence-electron chi connectivity index (χ0n) is 16.5. The second-order valence-corrected chi connectivity index (χ2v) is 10.1. The van der Waals surface area contributed by atoms with Crippen LogP contribution in [0.25, 0.3) is 10.6 Å². The van der Waals surface area contributed by atoms with Crippen molar-refractivity contribution in [2.45, 2.75) is 17.7 Å². The first-order valence-corrected chi connectivity index (χ1v) is 12.1. The zero-order valence-corrected chi connectivity index (χ0v) is 18.9. The van der Waals surface area contributed by atoms with E-state index < -0.39 is 15.9 Å². The van der Waals surface area contributed by atoms with Gasteiger partial charge in [-0.1, -0.05) is 22.9 Å². The van der Waals surface area contributed by atoms with E-state index >= 15 is 0 Å². The van der Waals surface area contributed by atoms with Crippen LogP contribution in [0.15, 0.2) is 47.4 Å². The van der Waals surface area contributed by atoms with Crippen molar-refractivity contribution in [1.82, 2.24) is 14.5 Å². The molecule has 0 aliphatic carbocycles. The van der Waals surface area contributed by atoms with Gasteiger partial charge in [0.15, 0.2) is 0 Å². The van der Waals surface area contributed by atoms with Gasteiger partial charge in [-0.2, -0.15) is 4.31 Å². The minimum atomic E-state index is -3.75. The molecule has 2 aromatic carbocycles. The zero-order chi connectivity index (χ0) is 22.0. The lowest BCUT2D eigenvalue weighted by atomic mass is 10.2. The molecule has 31 heavy (non-hydrogen) atoms. The molecular formula is C20H19ClN4O4S2. The number of hydrogen-bond acceptors (Lipinski definition) is 7. The number of methoxy groups -OCH3 is 1. The van der Waals surface area contributed by atoms with Crippen LogP contribution in [0.3, 0.4) is 0 Å². The average Bonchev–Trinajstić information content (AvgIpc) is 3.47. The molecule has 162 valence electrons. The summed E-state index contributed by atoms with van der Waals surface area (Å²) in [6.45, 7) is 0.905. The second kappa shape index (κ2) is 8.91. The number of sulfonamides is 1. The number of halogens is 1. The molecule has 0 atom stereocenters. The van der Waals surface area contributed by atoms with Crippen LogP contribution in [0.5, 0.6) is 5.75 Å². The van der Waals surface area contributed by atoms with Gasteiger partial charge in [-0.05, 0) is 55.3 Å². The van der Waals surface area contributed by atoms with Crippen LogP contribution in [0.2, 0.25) is 5.02 Å². The first-order valence-electron chi connectivity index (χ1n) is 9.47. The molecule has 1 aromatic heterocycles. The van der Waals surface area contributed by atoms with E-state index in [1.54, 1.807) is 7.11 Å². The lowest BCUT2D eigenvalue weighted by Gasteiger charge is -2.17. The fraction of sp³-hybridized carbons (Fsp3) is 0.250. The van der Waals surface area contributed by atoms with Crippen molar-refractivity contribution in [3.63, 3.8) is 0 Å². The van der Waals surface area contributed by atoms with Gasteiger partial charge in [0.25, 0.3) is 5.91 Å². The summed E-state index contributed by atoms with van der Waals surface area (Å²) < 4.78 is 32.3. The number of anilines is 1. The summed E-state index contributed by atoms with van der Waals surface area (Å²) in [7, 11) is -2.16. The molecule has 3 aromatic rings. The minimum absolute atomic E-state index is 0.0695. The van der Waals surface area contributed by atoms with Crippen molar-refractivity contribution in [1.29, 1.82) is 0 Å². The maximum Gasteiger partial charge on any atom is 0.257 e. The number of aromatic nitrogens is 2. The highest BCUT2D eigenvalue weighted by Gasteiger charge is 2.29. The Morgan fingerprint density at radius 2 is 1.84 bits per heavy atom. The van der Waals surface area contributed by atoms with Gasteiger partial charge in [-0.25, -0.2) is 8.42 Å². The SMILES string of the molecule is COc1ccc(-c2nnc(NC(=O)c3ccc(Cl)c(S(=O)(=O)N4CCCC4)c3)s2)cc1. The Labute approximate surface area is 188 Å². The maximum atomic E-state index is 12.9. The van der Waals surface area contributed by atoms with Crippen LogP contribution in [0, 0.1) is 0 Å². The number of benzene rings is 2. The minimum Gasteiger partial charge on any atom is -0.497 e. The molecule has 4 rings (SSSR count). The van der Waals surface area contributed by atoms with Gasteiger partial charge in [-0.15, -0.1) is 10.2 Å². The number of ether oxygens (including phenoxy) is 1. The monoisotopic (exact) mass is 478 g/mol. The van der Waals surface area contributed by atoms with Gasteiger partial charge >= 0.3 is 0 Å². The highest BCUT2D eigenvalue weighted by atomic mass is 35.5. The van der Waals surface area contributed by atoms with E-state index in [0.717, 1.165) is 24.2 Å². The normalized spacial score (nSPS) is 14.5. The van der Waals surface area contributed by atoms with Crippen molar-refractivity contribution >= 4 is 44.0 Å². The Balaban J connectivity index is 1.53. The van der Waals surface area contributed by atoms with Gasteiger partial charge in [0.05, 0.1) is 12.1 Å². The molecule has 11 heteroatoms. The van der Waals surface area contributed by atoms with Crippen LogP contribution in [0.1, 0.15) is 23.2 Å². The summed E-state index contributed by atoms with van der Waals surface area (Å²) in [4.78, 5) is 12.6. The molecule has 0 saturated carbocycles. The summed E-state index contributed by atoms with van der Waals surface area (Å²) in [5, 5.41) is 11.8. The summed E-state index contributed by atoms with van der Waals surface area (Å²) in [6, 6.07) is 11.5. The number of carbonyl (C=O) groups is 1. The van der Waals surface area contributed by atoms with E-state index in [9.17, 15) is 13.2 Å². The van der Waals surface area contributed by atoms with Gasteiger partial charge in [0.1, 0.15) is 15.7 Å². The number of nitrogens with one attached hydrogen (secondary N) is 1. The smallest absolute Gasteiger partial charge is 0.257 e. The predicted molar refractivity (Wildman–Crippen MR) is 119 cm³/mol.